The Morgan fingerprint density at radius 2 is 1.00 bits per heavy atom. The van der Waals surface area contributed by atoms with Gasteiger partial charge in [-0.15, -0.1) is 0 Å². The average Bonchev–Trinajstić information content (AvgIpc) is 2.56. The van der Waals surface area contributed by atoms with Gasteiger partial charge in [-0.05, 0) is 12.8 Å². The lowest BCUT2D eigenvalue weighted by atomic mass is 9.86. The highest BCUT2D eigenvalue weighted by Gasteiger charge is 2.90. The van der Waals surface area contributed by atoms with Gasteiger partial charge in [0.25, 0.3) is 0 Å². The van der Waals surface area contributed by atoms with Crippen molar-refractivity contribution in [3.63, 3.8) is 0 Å². The van der Waals surface area contributed by atoms with Crippen LogP contribution in [0.5, 0.6) is 0 Å². The normalized spacial score (nSPS) is 17.2. The van der Waals surface area contributed by atoms with E-state index in [9.17, 15) is 57.1 Å². The van der Waals surface area contributed by atoms with Crippen molar-refractivity contribution >= 4 is 22.6 Å². The van der Waals surface area contributed by atoms with E-state index in [1.54, 1.807) is 6.92 Å². The molecule has 182 valence electrons. The summed E-state index contributed by atoms with van der Waals surface area (Å²) >= 11 is 1.26. The molecule has 14 heteroatoms. The summed E-state index contributed by atoms with van der Waals surface area (Å²) in [4.78, 5) is 0. The van der Waals surface area contributed by atoms with Crippen LogP contribution in [-0.4, -0.2) is 39.2 Å². The number of hydrogen-bond donors (Lipinski definition) is 0. The highest BCUT2D eigenvalue weighted by atomic mass is 127. The maximum absolute atomic E-state index is 14.1. The molecule has 0 amide bonds. The van der Waals surface area contributed by atoms with Crippen LogP contribution >= 0.6 is 22.6 Å². The van der Waals surface area contributed by atoms with Gasteiger partial charge in [-0.1, -0.05) is 62.1 Å². The molecule has 0 aromatic heterocycles. The van der Waals surface area contributed by atoms with Crippen LogP contribution in [-0.2, 0) is 0 Å². The second kappa shape index (κ2) is 9.36. The average molecular weight is 586 g/mol. The van der Waals surface area contributed by atoms with E-state index in [-0.39, 0.29) is 19.3 Å². The fourth-order valence-electron chi connectivity index (χ4n) is 2.57. The van der Waals surface area contributed by atoms with Gasteiger partial charge in [0.1, 0.15) is 0 Å². The molecule has 1 atom stereocenters. The van der Waals surface area contributed by atoms with E-state index >= 15 is 0 Å². The van der Waals surface area contributed by atoms with E-state index in [1.165, 1.54) is 29.5 Å². The molecule has 0 aliphatic rings. The first-order valence-electron chi connectivity index (χ1n) is 8.72. The van der Waals surface area contributed by atoms with Crippen molar-refractivity contribution in [3.05, 3.63) is 0 Å². The first-order chi connectivity index (χ1) is 13.1. The van der Waals surface area contributed by atoms with Gasteiger partial charge in [-0.3, -0.25) is 0 Å². The molecule has 1 unspecified atom stereocenters. The zero-order valence-electron chi connectivity index (χ0n) is 15.7. The number of unbranched alkanes of at least 4 members (excludes halogenated alkanes) is 3. The van der Waals surface area contributed by atoms with Crippen LogP contribution in [0, 0.1) is 0 Å². The van der Waals surface area contributed by atoms with Crippen molar-refractivity contribution in [2.24, 2.45) is 0 Å². The minimum atomic E-state index is -7.84. The van der Waals surface area contributed by atoms with Crippen LogP contribution in [0.3, 0.4) is 0 Å². The van der Waals surface area contributed by atoms with Crippen LogP contribution in [0.2, 0.25) is 0 Å². The molecule has 0 bridgehead atoms. The number of alkyl halides is 14. The van der Waals surface area contributed by atoms with Gasteiger partial charge < -0.3 is 0 Å². The fraction of sp³-hybridized carbons (Fsp3) is 1.00. The topological polar surface area (TPSA) is 0 Å². The lowest BCUT2D eigenvalue weighted by molar-refractivity contribution is -0.440. The van der Waals surface area contributed by atoms with Crippen molar-refractivity contribution in [2.75, 3.05) is 0 Å². The fourth-order valence-corrected chi connectivity index (χ4v) is 3.43. The van der Waals surface area contributed by atoms with Crippen LogP contribution < -0.4 is 0 Å². The number of rotatable bonds is 12. The Morgan fingerprint density at radius 1 is 0.567 bits per heavy atom. The van der Waals surface area contributed by atoms with Crippen molar-refractivity contribution in [1.29, 1.82) is 0 Å². The number of hydrogen-bond acceptors (Lipinski definition) is 0. The summed E-state index contributed by atoms with van der Waals surface area (Å²) in [5.41, 5.74) is 0. The van der Waals surface area contributed by atoms with E-state index in [0.717, 1.165) is 0 Å². The molecule has 0 aromatic carbocycles. The summed E-state index contributed by atoms with van der Waals surface area (Å²) in [6, 6.07) is 0. The highest BCUT2D eigenvalue weighted by molar-refractivity contribution is 14.1. The molecule has 0 aromatic rings. The molecule has 30 heavy (non-hydrogen) atoms. The van der Waals surface area contributed by atoms with Gasteiger partial charge in [-0.25, -0.2) is 0 Å². The predicted molar refractivity (Wildman–Crippen MR) is 91.2 cm³/mol. The summed E-state index contributed by atoms with van der Waals surface area (Å²) in [5.74, 6) is -36.4. The van der Waals surface area contributed by atoms with Crippen molar-refractivity contribution in [1.82, 2.24) is 0 Å². The lowest BCUT2D eigenvalue weighted by Gasteiger charge is -2.41. The Morgan fingerprint density at radius 3 is 1.37 bits per heavy atom. The summed E-state index contributed by atoms with van der Waals surface area (Å²) in [7, 11) is 0. The van der Waals surface area contributed by atoms with Gasteiger partial charge in [0, 0.05) is 9.84 Å². The summed E-state index contributed by atoms with van der Waals surface area (Å²) < 4.78 is 170. The molecule has 0 spiro atoms. The highest BCUT2D eigenvalue weighted by Crippen LogP contribution is 2.61. The van der Waals surface area contributed by atoms with Crippen molar-refractivity contribution < 1.29 is 57.1 Å². The molecule has 0 saturated carbocycles. The summed E-state index contributed by atoms with van der Waals surface area (Å²) in [6.07, 6.45) is -8.01. The van der Waals surface area contributed by atoms with E-state index < -0.39 is 45.6 Å². The van der Waals surface area contributed by atoms with Crippen LogP contribution in [0.1, 0.15) is 58.8 Å². The molecule has 0 radical (unpaired) electrons. The monoisotopic (exact) mass is 586 g/mol. The zero-order chi connectivity index (χ0) is 24.4. The third-order valence-corrected chi connectivity index (χ3v) is 6.33. The minimum Gasteiger partial charge on any atom is -0.200 e. The molecule has 0 N–H and O–H groups in total. The molecule has 0 aliphatic carbocycles. The van der Waals surface area contributed by atoms with Crippen LogP contribution in [0.25, 0.3) is 0 Å². The molecule has 0 fully saturated rings. The van der Waals surface area contributed by atoms with Gasteiger partial charge in [0.05, 0.1) is 0 Å². The molecule has 0 aliphatic heterocycles. The smallest absolute Gasteiger partial charge is 0.200 e. The quantitative estimate of drug-likeness (QED) is 0.0930. The Kier molecular flexibility index (Phi) is 9.30. The maximum atomic E-state index is 14.1. The van der Waals surface area contributed by atoms with Gasteiger partial charge >= 0.3 is 35.8 Å². The summed E-state index contributed by atoms with van der Waals surface area (Å²) in [6.45, 7) is 3.02. The third-order valence-electron chi connectivity index (χ3n) is 4.65. The van der Waals surface area contributed by atoms with Crippen LogP contribution in [0.15, 0.2) is 0 Å². The van der Waals surface area contributed by atoms with Crippen molar-refractivity contribution in [2.45, 2.75) is 98.0 Å². The summed E-state index contributed by atoms with van der Waals surface area (Å²) in [5, 5.41) is 0. The van der Waals surface area contributed by atoms with Crippen molar-refractivity contribution in [3.8, 4) is 0 Å². The van der Waals surface area contributed by atoms with Gasteiger partial charge in [-0.2, -0.15) is 57.1 Å². The molecular weight excluding hydrogens is 566 g/mol. The van der Waals surface area contributed by atoms with Gasteiger partial charge in [0.2, 0.25) is 0 Å². The van der Waals surface area contributed by atoms with E-state index in [2.05, 4.69) is 0 Å². The first kappa shape index (κ1) is 29.8. The number of halogens is 14. The Balaban J connectivity index is 5.99. The Labute approximate surface area is 178 Å². The second-order valence-electron chi connectivity index (χ2n) is 6.99. The molecular formula is C16H20F13I. The maximum Gasteiger partial charge on any atom is 0.460 e. The van der Waals surface area contributed by atoms with E-state index in [1.807, 2.05) is 0 Å². The van der Waals surface area contributed by atoms with Crippen LogP contribution in [0.4, 0.5) is 57.1 Å². The zero-order valence-corrected chi connectivity index (χ0v) is 17.9. The first-order valence-corrected chi connectivity index (χ1v) is 9.80. The van der Waals surface area contributed by atoms with E-state index in [0.29, 0.717) is 19.3 Å². The standard InChI is InChI=1S/C16H20F13I/c1-3-5-6-7-8-10(30,4-2)9-11(17,18)12(19,20)13(21,22)14(23,24)15(25,26)16(27,28)29/h3-9H2,1-2H3. The predicted octanol–water partition coefficient (Wildman–Crippen LogP) is 8.67. The molecule has 0 nitrogen and oxygen atoms in total. The molecule has 0 rings (SSSR count). The Bertz CT molecular complexity index is 556. The molecule has 0 saturated heterocycles. The lowest BCUT2D eigenvalue weighted by Crippen LogP contribution is -2.70. The largest absolute Gasteiger partial charge is 0.460 e. The molecule has 0 heterocycles. The SMILES string of the molecule is CCCCCCC(I)(CC)CC(F)(F)C(F)(F)C(F)(F)C(F)(F)C(F)(F)C(F)(F)F. The third kappa shape index (κ3) is 5.41. The van der Waals surface area contributed by atoms with Gasteiger partial charge in [0.15, 0.2) is 0 Å². The second-order valence-corrected chi connectivity index (χ2v) is 9.28. The minimum absolute atomic E-state index is 0.199. The van der Waals surface area contributed by atoms with E-state index in [4.69, 9.17) is 0 Å². The Hall–Kier alpha value is -0.180.